The summed E-state index contributed by atoms with van der Waals surface area (Å²) in [7, 11) is -1.26. The number of hydrogen-bond donors (Lipinski definition) is 1. The Morgan fingerprint density at radius 2 is 1.35 bits per heavy atom. The van der Waals surface area contributed by atoms with Crippen molar-refractivity contribution in [1.29, 1.82) is 0 Å². The number of hydrogen-bond acceptors (Lipinski definition) is 4. The number of aliphatic hydroxyl groups excluding tert-OH is 1. The van der Waals surface area contributed by atoms with Crippen LogP contribution in [0.4, 0.5) is 0 Å². The van der Waals surface area contributed by atoms with E-state index in [1.165, 1.54) is 0 Å². The monoisotopic (exact) mass is 328 g/mol. The second-order valence-electron chi connectivity index (χ2n) is 5.87. The third kappa shape index (κ3) is 3.57. The summed E-state index contributed by atoms with van der Waals surface area (Å²) in [5.41, 5.74) is 1.78. The molecule has 120 valence electrons. The highest BCUT2D eigenvalue weighted by atomic mass is 28.3. The summed E-state index contributed by atoms with van der Waals surface area (Å²) in [5.74, 6) is 0.673. The summed E-state index contributed by atoms with van der Waals surface area (Å²) in [4.78, 5) is 25.5. The standard InChI is InChI=1S/C18H20O4Si/c1-22-16-10-8-15(9-11-16)18(21)23(2,3)17(20)14-6-4-13(12-19)5-7-14/h4-11,19H,12H2,1-3H3. The van der Waals surface area contributed by atoms with Gasteiger partial charge < -0.3 is 9.84 Å². The maximum absolute atomic E-state index is 12.8. The minimum atomic E-state index is -2.83. The molecule has 0 heterocycles. The average Bonchev–Trinajstić information content (AvgIpc) is 2.60. The van der Waals surface area contributed by atoms with Gasteiger partial charge in [-0.1, -0.05) is 37.4 Å². The minimum Gasteiger partial charge on any atom is -0.497 e. The van der Waals surface area contributed by atoms with E-state index >= 15 is 0 Å². The van der Waals surface area contributed by atoms with Crippen molar-refractivity contribution in [1.82, 2.24) is 0 Å². The van der Waals surface area contributed by atoms with Gasteiger partial charge in [0.25, 0.3) is 0 Å². The van der Waals surface area contributed by atoms with E-state index in [1.54, 1.807) is 68.7 Å². The highest BCUT2D eigenvalue weighted by Crippen LogP contribution is 2.20. The quantitative estimate of drug-likeness (QED) is 0.828. The molecule has 4 nitrogen and oxygen atoms in total. The summed E-state index contributed by atoms with van der Waals surface area (Å²) >= 11 is 0. The Kier molecular flexibility index (Phi) is 5.13. The molecule has 0 aliphatic heterocycles. The zero-order chi connectivity index (χ0) is 17.0. The van der Waals surface area contributed by atoms with Gasteiger partial charge in [-0.25, -0.2) is 0 Å². The summed E-state index contributed by atoms with van der Waals surface area (Å²) in [6.07, 6.45) is 0. The number of carbonyl (C=O) groups is 2. The maximum atomic E-state index is 12.8. The van der Waals surface area contributed by atoms with Crippen molar-refractivity contribution in [2.45, 2.75) is 19.7 Å². The lowest BCUT2D eigenvalue weighted by molar-refractivity contribution is 0.102. The van der Waals surface area contributed by atoms with Gasteiger partial charge in [0, 0.05) is 11.1 Å². The Morgan fingerprint density at radius 3 is 1.74 bits per heavy atom. The van der Waals surface area contributed by atoms with Crippen molar-refractivity contribution >= 4 is 18.9 Å². The van der Waals surface area contributed by atoms with E-state index in [2.05, 4.69) is 0 Å². The Balaban J connectivity index is 2.27. The molecular weight excluding hydrogens is 308 g/mol. The normalized spacial score (nSPS) is 11.1. The summed E-state index contributed by atoms with van der Waals surface area (Å²) in [6, 6.07) is 13.6. The smallest absolute Gasteiger partial charge is 0.214 e. The number of ether oxygens (including phenoxy) is 1. The molecule has 0 saturated heterocycles. The molecule has 23 heavy (non-hydrogen) atoms. The van der Waals surface area contributed by atoms with E-state index < -0.39 is 8.07 Å². The van der Waals surface area contributed by atoms with E-state index in [4.69, 9.17) is 9.84 Å². The van der Waals surface area contributed by atoms with Crippen LogP contribution in [0, 0.1) is 0 Å². The average molecular weight is 328 g/mol. The first kappa shape index (κ1) is 17.1. The molecule has 0 atom stereocenters. The minimum absolute atomic E-state index is 0.0694. The van der Waals surface area contributed by atoms with Gasteiger partial charge in [0.1, 0.15) is 16.6 Å². The van der Waals surface area contributed by atoms with Crippen LogP contribution in [-0.4, -0.2) is 31.1 Å². The molecule has 1 N–H and O–H groups in total. The van der Waals surface area contributed by atoms with Crippen LogP contribution in [0.25, 0.3) is 0 Å². The first-order valence-corrected chi connectivity index (χ1v) is 10.3. The highest BCUT2D eigenvalue weighted by Gasteiger charge is 2.40. The molecule has 0 radical (unpaired) electrons. The third-order valence-corrected chi connectivity index (χ3v) is 6.73. The summed E-state index contributed by atoms with van der Waals surface area (Å²) in [6.45, 7) is 3.46. The van der Waals surface area contributed by atoms with E-state index in [-0.39, 0.29) is 17.4 Å². The molecule has 2 aromatic rings. The lowest BCUT2D eigenvalue weighted by Gasteiger charge is -2.19. The number of methoxy groups -OCH3 is 1. The number of benzene rings is 2. The molecule has 0 aromatic heterocycles. The molecular formula is C18H20O4Si. The van der Waals surface area contributed by atoms with Gasteiger partial charge in [-0.05, 0) is 29.8 Å². The van der Waals surface area contributed by atoms with Gasteiger partial charge in [0.05, 0.1) is 13.7 Å². The topological polar surface area (TPSA) is 63.6 Å². The van der Waals surface area contributed by atoms with Gasteiger partial charge in [-0.2, -0.15) is 0 Å². The zero-order valence-corrected chi connectivity index (χ0v) is 14.5. The van der Waals surface area contributed by atoms with Gasteiger partial charge in [-0.15, -0.1) is 0 Å². The second-order valence-corrected chi connectivity index (χ2v) is 10.0. The third-order valence-electron chi connectivity index (χ3n) is 3.89. The van der Waals surface area contributed by atoms with Crippen molar-refractivity contribution in [3.05, 3.63) is 65.2 Å². The van der Waals surface area contributed by atoms with E-state index in [1.807, 2.05) is 0 Å². The van der Waals surface area contributed by atoms with Crippen molar-refractivity contribution in [3.8, 4) is 5.75 Å². The Labute approximate surface area is 136 Å². The van der Waals surface area contributed by atoms with Crippen molar-refractivity contribution < 1.29 is 19.4 Å². The van der Waals surface area contributed by atoms with Crippen molar-refractivity contribution in [2.75, 3.05) is 7.11 Å². The zero-order valence-electron chi connectivity index (χ0n) is 13.5. The summed E-state index contributed by atoms with van der Waals surface area (Å²) < 4.78 is 5.09. The molecule has 0 bridgehead atoms. The molecule has 0 spiro atoms. The SMILES string of the molecule is COc1ccc(C(=O)[Si](C)(C)C(=O)c2ccc(CO)cc2)cc1. The van der Waals surface area contributed by atoms with Gasteiger partial charge in [0.2, 0.25) is 8.07 Å². The molecule has 0 aliphatic carbocycles. The van der Waals surface area contributed by atoms with Gasteiger partial charge in [-0.3, -0.25) is 9.59 Å². The maximum Gasteiger partial charge on any atom is 0.214 e. The summed E-state index contributed by atoms with van der Waals surface area (Å²) in [5, 5.41) is 8.86. The van der Waals surface area contributed by atoms with Crippen LogP contribution in [0.2, 0.25) is 13.1 Å². The number of carbonyl (C=O) groups excluding carboxylic acids is 2. The molecule has 5 heteroatoms. The van der Waals surface area contributed by atoms with Crippen LogP contribution in [0.5, 0.6) is 5.75 Å². The van der Waals surface area contributed by atoms with Crippen LogP contribution < -0.4 is 4.74 Å². The number of rotatable bonds is 6. The number of aliphatic hydroxyl groups is 1. The van der Waals surface area contributed by atoms with Crippen molar-refractivity contribution in [2.24, 2.45) is 0 Å². The van der Waals surface area contributed by atoms with Crippen LogP contribution in [0.15, 0.2) is 48.5 Å². The lowest BCUT2D eigenvalue weighted by Crippen LogP contribution is -2.46. The first-order valence-electron chi connectivity index (χ1n) is 7.33. The molecule has 0 saturated carbocycles. The van der Waals surface area contributed by atoms with Gasteiger partial charge in [0.15, 0.2) is 0 Å². The predicted molar refractivity (Wildman–Crippen MR) is 91.5 cm³/mol. The molecule has 0 aliphatic rings. The van der Waals surface area contributed by atoms with Crippen LogP contribution in [-0.2, 0) is 6.61 Å². The molecule has 0 amide bonds. The lowest BCUT2D eigenvalue weighted by atomic mass is 10.1. The Bertz CT molecular complexity index is 641. The molecule has 0 unspecified atom stereocenters. The van der Waals surface area contributed by atoms with Crippen LogP contribution in [0.3, 0.4) is 0 Å². The highest BCUT2D eigenvalue weighted by molar-refractivity contribution is 7.26. The second kappa shape index (κ2) is 6.89. The van der Waals surface area contributed by atoms with Crippen LogP contribution >= 0.6 is 0 Å². The molecule has 0 fully saturated rings. The first-order chi connectivity index (χ1) is 10.9. The predicted octanol–water partition coefficient (Wildman–Crippen LogP) is 3.04. The van der Waals surface area contributed by atoms with Crippen molar-refractivity contribution in [3.63, 3.8) is 0 Å². The van der Waals surface area contributed by atoms with Gasteiger partial charge >= 0.3 is 0 Å². The molecule has 2 rings (SSSR count). The fourth-order valence-electron chi connectivity index (χ4n) is 2.33. The van der Waals surface area contributed by atoms with E-state index in [9.17, 15) is 9.59 Å². The largest absolute Gasteiger partial charge is 0.497 e. The van der Waals surface area contributed by atoms with E-state index in [0.29, 0.717) is 16.9 Å². The fourth-order valence-corrected chi connectivity index (χ4v) is 4.31. The Hall–Kier alpha value is -2.24. The Morgan fingerprint density at radius 1 is 0.913 bits per heavy atom. The van der Waals surface area contributed by atoms with E-state index in [0.717, 1.165) is 5.56 Å². The molecule has 2 aromatic carbocycles. The van der Waals surface area contributed by atoms with Crippen LogP contribution in [0.1, 0.15) is 26.3 Å². The fraction of sp³-hybridized carbons (Fsp3) is 0.222.